The zero-order valence-electron chi connectivity index (χ0n) is 20.2. The van der Waals surface area contributed by atoms with Crippen LogP contribution in [0.25, 0.3) is 11.0 Å². The number of piperazine rings is 1. The highest BCUT2D eigenvalue weighted by Gasteiger charge is 2.21. The molecule has 10 nitrogen and oxygen atoms in total. The Kier molecular flexibility index (Phi) is 7.11. The number of aromatic nitrogens is 4. The van der Waals surface area contributed by atoms with Crippen molar-refractivity contribution in [3.8, 4) is 11.5 Å². The van der Waals surface area contributed by atoms with Crippen LogP contribution in [0.3, 0.4) is 0 Å². The molecular weight excluding hydrogens is 458 g/mol. The average Bonchev–Trinajstić information content (AvgIpc) is 3.36. The highest BCUT2D eigenvalue weighted by Crippen LogP contribution is 2.26. The summed E-state index contributed by atoms with van der Waals surface area (Å²) in [4.78, 5) is 25.8. The van der Waals surface area contributed by atoms with Gasteiger partial charge in [-0.2, -0.15) is 5.10 Å². The molecule has 0 unspecified atom stereocenters. The van der Waals surface area contributed by atoms with E-state index in [1.165, 1.54) is 5.69 Å². The number of benzene rings is 2. The number of nitrogens with one attached hydrogen (secondary N) is 1. The predicted octanol–water partition coefficient (Wildman–Crippen LogP) is 2.36. The zero-order chi connectivity index (χ0) is 24.7. The van der Waals surface area contributed by atoms with Gasteiger partial charge < -0.3 is 24.6 Å². The molecule has 2 aromatic carbocycles. The Morgan fingerprint density at radius 2 is 1.69 bits per heavy atom. The quantitative estimate of drug-likeness (QED) is 0.384. The molecule has 3 heterocycles. The fourth-order valence-electron chi connectivity index (χ4n) is 4.28. The summed E-state index contributed by atoms with van der Waals surface area (Å²) in [5.41, 5.74) is 1.94. The summed E-state index contributed by atoms with van der Waals surface area (Å²) in [6, 6.07) is 17.4. The number of amides is 1. The van der Waals surface area contributed by atoms with Crippen LogP contribution in [0.15, 0.2) is 67.1 Å². The summed E-state index contributed by atoms with van der Waals surface area (Å²) >= 11 is 0. The molecule has 0 aliphatic carbocycles. The van der Waals surface area contributed by atoms with Gasteiger partial charge in [0.15, 0.2) is 12.3 Å². The van der Waals surface area contributed by atoms with Crippen molar-refractivity contribution in [1.82, 2.24) is 25.1 Å². The number of ether oxygens (including phenoxy) is 2. The second-order valence-electron chi connectivity index (χ2n) is 8.43. The van der Waals surface area contributed by atoms with Gasteiger partial charge in [-0.1, -0.05) is 18.2 Å². The van der Waals surface area contributed by atoms with Crippen LogP contribution < -0.4 is 24.6 Å². The van der Waals surface area contributed by atoms with Gasteiger partial charge in [0, 0.05) is 38.4 Å². The molecule has 1 amide bonds. The third-order valence-electron chi connectivity index (χ3n) is 6.19. The number of para-hydroxylation sites is 1. The van der Waals surface area contributed by atoms with Gasteiger partial charge in [0.05, 0.1) is 25.2 Å². The first-order chi connectivity index (χ1) is 17.7. The summed E-state index contributed by atoms with van der Waals surface area (Å²) in [6.07, 6.45) is 3.39. The molecule has 4 aromatic rings. The summed E-state index contributed by atoms with van der Waals surface area (Å²) in [5.74, 6) is 2.24. The topological polar surface area (TPSA) is 97.6 Å². The summed E-state index contributed by atoms with van der Waals surface area (Å²) < 4.78 is 12.5. The maximum atomic E-state index is 12.1. The van der Waals surface area contributed by atoms with Crippen LogP contribution in [-0.2, 0) is 11.3 Å². The molecule has 0 radical (unpaired) electrons. The Bertz CT molecular complexity index is 1290. The Hall–Kier alpha value is -4.34. The van der Waals surface area contributed by atoms with E-state index in [0.717, 1.165) is 48.8 Å². The SMILES string of the molecule is COc1ccc(N2CCN(c3ncnc4c3cnn4CCNC(=O)COc3ccccc3)CC2)cc1. The van der Waals surface area contributed by atoms with E-state index in [4.69, 9.17) is 9.47 Å². The van der Waals surface area contributed by atoms with Gasteiger partial charge in [0.25, 0.3) is 5.91 Å². The van der Waals surface area contributed by atoms with Gasteiger partial charge >= 0.3 is 0 Å². The highest BCUT2D eigenvalue weighted by atomic mass is 16.5. The maximum absolute atomic E-state index is 12.1. The van der Waals surface area contributed by atoms with Gasteiger partial charge in [-0.3, -0.25) is 4.79 Å². The van der Waals surface area contributed by atoms with E-state index in [-0.39, 0.29) is 12.5 Å². The number of hydrogen-bond acceptors (Lipinski definition) is 8. The van der Waals surface area contributed by atoms with Crippen molar-refractivity contribution in [3.63, 3.8) is 0 Å². The molecule has 186 valence electrons. The van der Waals surface area contributed by atoms with E-state index in [1.807, 2.05) is 42.5 Å². The van der Waals surface area contributed by atoms with Crippen LogP contribution in [0.1, 0.15) is 0 Å². The minimum Gasteiger partial charge on any atom is -0.497 e. The molecule has 0 bridgehead atoms. The van der Waals surface area contributed by atoms with E-state index < -0.39 is 0 Å². The third-order valence-corrected chi connectivity index (χ3v) is 6.19. The largest absolute Gasteiger partial charge is 0.497 e. The molecule has 36 heavy (non-hydrogen) atoms. The van der Waals surface area contributed by atoms with Crippen molar-refractivity contribution in [3.05, 3.63) is 67.1 Å². The molecule has 1 N–H and O–H groups in total. The van der Waals surface area contributed by atoms with E-state index in [2.05, 4.69) is 42.3 Å². The molecule has 2 aromatic heterocycles. The molecule has 1 aliphatic heterocycles. The number of carbonyl (C=O) groups is 1. The van der Waals surface area contributed by atoms with E-state index >= 15 is 0 Å². The van der Waals surface area contributed by atoms with E-state index in [1.54, 1.807) is 24.3 Å². The van der Waals surface area contributed by atoms with Gasteiger partial charge in [-0.05, 0) is 36.4 Å². The highest BCUT2D eigenvalue weighted by molar-refractivity contribution is 5.86. The van der Waals surface area contributed by atoms with E-state index in [9.17, 15) is 4.79 Å². The Labute approximate surface area is 209 Å². The van der Waals surface area contributed by atoms with Crippen molar-refractivity contribution in [2.75, 3.05) is 56.2 Å². The molecule has 0 spiro atoms. The minimum absolute atomic E-state index is 0.0291. The van der Waals surface area contributed by atoms with Gasteiger partial charge in [0.2, 0.25) is 0 Å². The first-order valence-electron chi connectivity index (χ1n) is 12.0. The monoisotopic (exact) mass is 487 g/mol. The Morgan fingerprint density at radius 1 is 0.944 bits per heavy atom. The number of methoxy groups -OCH3 is 1. The Morgan fingerprint density at radius 3 is 2.44 bits per heavy atom. The Balaban J connectivity index is 1.16. The smallest absolute Gasteiger partial charge is 0.258 e. The molecule has 0 atom stereocenters. The molecule has 10 heteroatoms. The first kappa shape index (κ1) is 23.4. The van der Waals surface area contributed by atoms with Gasteiger partial charge in [-0.25, -0.2) is 14.6 Å². The third kappa shape index (κ3) is 5.32. The minimum atomic E-state index is -0.180. The lowest BCUT2D eigenvalue weighted by Gasteiger charge is -2.36. The summed E-state index contributed by atoms with van der Waals surface area (Å²) in [6.45, 7) is 4.38. The van der Waals surface area contributed by atoms with Crippen molar-refractivity contribution < 1.29 is 14.3 Å². The maximum Gasteiger partial charge on any atom is 0.258 e. The lowest BCUT2D eigenvalue weighted by Crippen LogP contribution is -2.46. The van der Waals surface area contributed by atoms with Crippen molar-refractivity contribution in [2.45, 2.75) is 6.54 Å². The molecule has 1 fully saturated rings. The number of fused-ring (bicyclic) bond motifs is 1. The number of hydrogen-bond donors (Lipinski definition) is 1. The van der Waals surface area contributed by atoms with Gasteiger partial charge in [0.1, 0.15) is 23.6 Å². The molecule has 5 rings (SSSR count). The lowest BCUT2D eigenvalue weighted by molar-refractivity contribution is -0.123. The van der Waals surface area contributed by atoms with Crippen molar-refractivity contribution in [2.24, 2.45) is 0 Å². The molecule has 1 aliphatic rings. The lowest BCUT2D eigenvalue weighted by atomic mass is 10.2. The number of rotatable bonds is 9. The predicted molar refractivity (Wildman–Crippen MR) is 138 cm³/mol. The van der Waals surface area contributed by atoms with Crippen molar-refractivity contribution in [1.29, 1.82) is 0 Å². The van der Waals surface area contributed by atoms with Crippen molar-refractivity contribution >= 4 is 28.4 Å². The normalized spacial score (nSPS) is 13.6. The van der Waals surface area contributed by atoms with Crippen LogP contribution in [0.2, 0.25) is 0 Å². The molecular formula is C26H29N7O3. The summed E-state index contributed by atoms with van der Waals surface area (Å²) in [5, 5.41) is 8.28. The summed E-state index contributed by atoms with van der Waals surface area (Å²) in [7, 11) is 1.68. The second-order valence-corrected chi connectivity index (χ2v) is 8.43. The van der Waals surface area contributed by atoms with Gasteiger partial charge in [-0.15, -0.1) is 0 Å². The number of carbonyl (C=O) groups excluding carboxylic acids is 1. The molecule has 1 saturated heterocycles. The van der Waals surface area contributed by atoms with E-state index in [0.29, 0.717) is 18.8 Å². The number of nitrogens with zero attached hydrogens (tertiary/aromatic N) is 6. The number of anilines is 2. The fourth-order valence-corrected chi connectivity index (χ4v) is 4.28. The standard InChI is InChI=1S/C26H29N7O3/c1-35-21-9-7-20(8-10-21)31-13-15-32(16-14-31)25-23-17-30-33(26(23)29-19-28-25)12-11-27-24(34)18-36-22-5-3-2-4-6-22/h2-10,17,19H,11-16,18H2,1H3,(H,27,34). The van der Waals surface area contributed by atoms with Crippen LogP contribution >= 0.6 is 0 Å². The van der Waals surface area contributed by atoms with Crippen LogP contribution in [0.5, 0.6) is 11.5 Å². The van der Waals surface area contributed by atoms with Crippen LogP contribution in [-0.4, -0.2) is 72.1 Å². The zero-order valence-corrected chi connectivity index (χ0v) is 20.2. The first-order valence-corrected chi connectivity index (χ1v) is 12.0. The van der Waals surface area contributed by atoms with Crippen LogP contribution in [0, 0.1) is 0 Å². The van der Waals surface area contributed by atoms with Crippen LogP contribution in [0.4, 0.5) is 11.5 Å². The molecule has 0 saturated carbocycles. The fraction of sp³-hybridized carbons (Fsp3) is 0.308. The average molecular weight is 488 g/mol. The second kappa shape index (κ2) is 10.9.